The van der Waals surface area contributed by atoms with Crippen molar-refractivity contribution in [1.82, 2.24) is 14.8 Å². The Bertz CT molecular complexity index is 870. The van der Waals surface area contributed by atoms with Crippen molar-refractivity contribution in [1.29, 1.82) is 0 Å². The van der Waals surface area contributed by atoms with Gasteiger partial charge in [0.05, 0.1) is 16.6 Å². The summed E-state index contributed by atoms with van der Waals surface area (Å²) in [5, 5.41) is 15.6. The molecule has 0 spiro atoms. The molecule has 0 aliphatic carbocycles. The predicted octanol–water partition coefficient (Wildman–Crippen LogP) is 2.25. The summed E-state index contributed by atoms with van der Waals surface area (Å²) in [6, 6.07) is 7.95. The lowest BCUT2D eigenvalue weighted by atomic mass is 10.2. The monoisotopic (exact) mass is 298 g/mol. The number of hydrogen-bond acceptors (Lipinski definition) is 6. The maximum atomic E-state index is 11.0. The van der Waals surface area contributed by atoms with Crippen molar-refractivity contribution in [3.8, 4) is 11.6 Å². The number of benzene rings is 1. The van der Waals surface area contributed by atoms with Gasteiger partial charge in [0.15, 0.2) is 5.82 Å². The van der Waals surface area contributed by atoms with Gasteiger partial charge < -0.3 is 4.74 Å². The molecule has 0 atom stereocenters. The number of hydrogen-bond donors (Lipinski definition) is 0. The molecular weight excluding hydrogens is 288 g/mol. The number of aromatic nitrogens is 3. The first-order valence-corrected chi connectivity index (χ1v) is 6.31. The van der Waals surface area contributed by atoms with E-state index in [0.29, 0.717) is 11.6 Å². The molecule has 8 nitrogen and oxygen atoms in total. The highest BCUT2D eigenvalue weighted by Crippen LogP contribution is 2.23. The van der Waals surface area contributed by atoms with Gasteiger partial charge >= 0.3 is 5.97 Å². The number of pyridine rings is 1. The lowest BCUT2D eigenvalue weighted by molar-refractivity contribution is -0.385. The lowest BCUT2D eigenvalue weighted by Gasteiger charge is -2.03. The molecule has 0 N–H and O–H groups in total. The van der Waals surface area contributed by atoms with Crippen LogP contribution in [-0.2, 0) is 4.79 Å². The topological polar surface area (TPSA) is 100 Å². The van der Waals surface area contributed by atoms with Crippen LogP contribution in [0.5, 0.6) is 5.75 Å². The van der Waals surface area contributed by atoms with Crippen LogP contribution in [0.3, 0.4) is 0 Å². The fourth-order valence-corrected chi connectivity index (χ4v) is 2.03. The van der Waals surface area contributed by atoms with Crippen LogP contribution in [0.25, 0.3) is 16.7 Å². The Morgan fingerprint density at radius 1 is 1.27 bits per heavy atom. The van der Waals surface area contributed by atoms with Gasteiger partial charge in [0.2, 0.25) is 0 Å². The molecule has 0 radical (unpaired) electrons. The van der Waals surface area contributed by atoms with Gasteiger partial charge in [-0.3, -0.25) is 14.9 Å². The number of carbonyl (C=O) groups excluding carboxylic acids is 1. The van der Waals surface area contributed by atoms with Gasteiger partial charge in [-0.1, -0.05) is 0 Å². The largest absolute Gasteiger partial charge is 0.427 e. The Hall–Kier alpha value is -3.29. The summed E-state index contributed by atoms with van der Waals surface area (Å²) >= 11 is 0. The van der Waals surface area contributed by atoms with Crippen molar-refractivity contribution in [3.63, 3.8) is 0 Å². The van der Waals surface area contributed by atoms with Gasteiger partial charge in [-0.15, -0.1) is 0 Å². The zero-order valence-corrected chi connectivity index (χ0v) is 11.5. The molecule has 0 amide bonds. The molecule has 110 valence electrons. The molecule has 22 heavy (non-hydrogen) atoms. The van der Waals surface area contributed by atoms with E-state index in [2.05, 4.69) is 10.1 Å². The average Bonchev–Trinajstić information content (AvgIpc) is 2.89. The second kappa shape index (κ2) is 5.24. The Labute approximate surface area is 124 Å². The molecule has 0 saturated heterocycles. The predicted molar refractivity (Wildman–Crippen MR) is 76.8 cm³/mol. The summed E-state index contributed by atoms with van der Waals surface area (Å²) in [6.45, 7) is 1.33. The Morgan fingerprint density at radius 2 is 2.09 bits per heavy atom. The summed E-state index contributed by atoms with van der Waals surface area (Å²) in [5.74, 6) is 0.487. The van der Waals surface area contributed by atoms with E-state index in [1.807, 2.05) is 0 Å². The van der Waals surface area contributed by atoms with Crippen LogP contribution < -0.4 is 4.74 Å². The third-order valence-electron chi connectivity index (χ3n) is 2.96. The maximum Gasteiger partial charge on any atom is 0.308 e. The number of nitro groups is 1. The Balaban J connectivity index is 2.01. The minimum absolute atomic E-state index is 0.0858. The van der Waals surface area contributed by atoms with Gasteiger partial charge in [0.1, 0.15) is 11.9 Å². The van der Waals surface area contributed by atoms with Crippen molar-refractivity contribution in [3.05, 3.63) is 52.8 Å². The molecular formula is C14H10N4O4. The van der Waals surface area contributed by atoms with Gasteiger partial charge in [0.25, 0.3) is 5.69 Å². The molecule has 0 aliphatic heterocycles. The van der Waals surface area contributed by atoms with E-state index in [1.54, 1.807) is 29.1 Å². The highest BCUT2D eigenvalue weighted by atomic mass is 16.6. The zero-order valence-electron chi connectivity index (χ0n) is 11.5. The molecule has 8 heteroatoms. The van der Waals surface area contributed by atoms with Crippen LogP contribution in [0.4, 0.5) is 5.69 Å². The average molecular weight is 298 g/mol. The Morgan fingerprint density at radius 3 is 2.73 bits per heavy atom. The highest BCUT2D eigenvalue weighted by Gasteiger charge is 2.10. The summed E-state index contributed by atoms with van der Waals surface area (Å²) in [4.78, 5) is 25.1. The van der Waals surface area contributed by atoms with E-state index >= 15 is 0 Å². The normalized spacial score (nSPS) is 10.6. The molecule has 0 bridgehead atoms. The van der Waals surface area contributed by atoms with Crippen molar-refractivity contribution in [2.75, 3.05) is 0 Å². The molecule has 3 rings (SSSR count). The second-order valence-electron chi connectivity index (χ2n) is 4.50. The SMILES string of the molecule is CC(=O)Oc1ccc2c(cnn2-c2ccc([N+](=O)[O-])cn2)c1. The van der Waals surface area contributed by atoms with Crippen LogP contribution in [0.2, 0.25) is 0 Å². The quantitative estimate of drug-likeness (QED) is 0.318. The number of ether oxygens (including phenoxy) is 1. The fourth-order valence-electron chi connectivity index (χ4n) is 2.03. The summed E-state index contributed by atoms with van der Waals surface area (Å²) < 4.78 is 6.57. The second-order valence-corrected chi connectivity index (χ2v) is 4.50. The Kier molecular flexibility index (Phi) is 3.26. The van der Waals surface area contributed by atoms with E-state index in [0.717, 1.165) is 10.9 Å². The molecule has 0 fully saturated rings. The maximum absolute atomic E-state index is 11.0. The van der Waals surface area contributed by atoms with Crippen LogP contribution in [-0.4, -0.2) is 25.7 Å². The number of fused-ring (bicyclic) bond motifs is 1. The summed E-state index contributed by atoms with van der Waals surface area (Å²) in [6.07, 6.45) is 2.78. The highest BCUT2D eigenvalue weighted by molar-refractivity contribution is 5.82. The van der Waals surface area contributed by atoms with Crippen molar-refractivity contribution in [2.24, 2.45) is 0 Å². The first-order valence-electron chi connectivity index (χ1n) is 6.31. The van der Waals surface area contributed by atoms with E-state index in [4.69, 9.17) is 4.74 Å². The summed E-state index contributed by atoms with van der Waals surface area (Å²) in [5.41, 5.74) is 0.662. The number of esters is 1. The molecule has 1 aromatic carbocycles. The number of carbonyl (C=O) groups is 1. The fraction of sp³-hybridized carbons (Fsp3) is 0.0714. The number of nitrogens with zero attached hydrogens (tertiary/aromatic N) is 4. The molecule has 0 unspecified atom stereocenters. The van der Waals surface area contributed by atoms with Gasteiger partial charge in [-0.25, -0.2) is 9.67 Å². The van der Waals surface area contributed by atoms with Crippen LogP contribution >= 0.6 is 0 Å². The molecule has 3 aromatic rings. The summed E-state index contributed by atoms with van der Waals surface area (Å²) in [7, 11) is 0. The van der Waals surface area contributed by atoms with E-state index in [1.165, 1.54) is 25.3 Å². The van der Waals surface area contributed by atoms with Gasteiger partial charge in [0, 0.05) is 18.4 Å². The van der Waals surface area contributed by atoms with Crippen LogP contribution in [0.15, 0.2) is 42.7 Å². The minimum atomic E-state index is -0.511. The molecule has 0 aliphatic rings. The van der Waals surface area contributed by atoms with Gasteiger partial charge in [-0.2, -0.15) is 5.10 Å². The minimum Gasteiger partial charge on any atom is -0.427 e. The van der Waals surface area contributed by atoms with E-state index in [-0.39, 0.29) is 5.69 Å². The zero-order chi connectivity index (χ0) is 15.7. The third-order valence-corrected chi connectivity index (χ3v) is 2.96. The standard InChI is InChI=1S/C14H10N4O4/c1-9(19)22-12-3-4-13-10(6-12)7-16-17(13)14-5-2-11(8-15-14)18(20)21/h2-8H,1H3. The van der Waals surface area contributed by atoms with Gasteiger partial charge in [-0.05, 0) is 24.3 Å². The van der Waals surface area contributed by atoms with Crippen molar-refractivity contribution < 1.29 is 14.5 Å². The first kappa shape index (κ1) is 13.7. The lowest BCUT2D eigenvalue weighted by Crippen LogP contribution is -2.01. The van der Waals surface area contributed by atoms with E-state index < -0.39 is 10.9 Å². The third kappa shape index (κ3) is 2.49. The molecule has 2 heterocycles. The number of rotatable bonds is 3. The molecule has 0 saturated carbocycles. The van der Waals surface area contributed by atoms with Crippen molar-refractivity contribution in [2.45, 2.75) is 6.92 Å². The van der Waals surface area contributed by atoms with Crippen LogP contribution in [0.1, 0.15) is 6.92 Å². The molecule has 2 aromatic heterocycles. The first-order chi connectivity index (χ1) is 10.5. The van der Waals surface area contributed by atoms with Crippen molar-refractivity contribution >= 4 is 22.6 Å². The van der Waals surface area contributed by atoms with Crippen LogP contribution in [0, 0.1) is 10.1 Å². The van der Waals surface area contributed by atoms with E-state index in [9.17, 15) is 14.9 Å². The smallest absolute Gasteiger partial charge is 0.308 e.